The van der Waals surface area contributed by atoms with E-state index >= 15 is 0 Å². The van der Waals surface area contributed by atoms with Crippen molar-refractivity contribution in [3.05, 3.63) is 70.7 Å². The summed E-state index contributed by atoms with van der Waals surface area (Å²) in [6.07, 6.45) is 1.10. The quantitative estimate of drug-likeness (QED) is 0.595. The van der Waals surface area contributed by atoms with Crippen LogP contribution in [0.15, 0.2) is 59.6 Å². The number of carbonyl (C=O) groups is 2. The summed E-state index contributed by atoms with van der Waals surface area (Å²) in [4.78, 5) is 26.8. The first-order chi connectivity index (χ1) is 11.9. The van der Waals surface area contributed by atoms with Crippen molar-refractivity contribution in [1.82, 2.24) is 0 Å². The highest BCUT2D eigenvalue weighted by Crippen LogP contribution is 2.44. The number of rotatable bonds is 5. The second-order valence-corrected chi connectivity index (χ2v) is 6.76. The summed E-state index contributed by atoms with van der Waals surface area (Å²) < 4.78 is 0.688. The van der Waals surface area contributed by atoms with Crippen LogP contribution < -0.4 is 4.90 Å². The van der Waals surface area contributed by atoms with Crippen molar-refractivity contribution in [2.75, 3.05) is 11.4 Å². The maximum Gasteiger partial charge on any atom is 0.264 e. The van der Waals surface area contributed by atoms with Gasteiger partial charge in [-0.25, -0.2) is 0 Å². The standard InChI is InChI=1S/C19H16BrNO4/c1-2-9-21-15-8-7-12(20)10-14(15)19(25,18(21)24)11-17(23)13-5-3-4-6-16(13)22/h2-8,10,22,25H,1,9,11H2/t19-/m0/s1. The highest BCUT2D eigenvalue weighted by Gasteiger charge is 2.50. The molecule has 0 fully saturated rings. The number of anilines is 1. The summed E-state index contributed by atoms with van der Waals surface area (Å²) in [6, 6.07) is 11.2. The molecule has 1 aliphatic rings. The summed E-state index contributed by atoms with van der Waals surface area (Å²) >= 11 is 3.33. The number of phenolic OH excluding ortho intramolecular Hbond substituents is 1. The van der Waals surface area contributed by atoms with Gasteiger partial charge in [0.2, 0.25) is 0 Å². The number of amides is 1. The van der Waals surface area contributed by atoms with Gasteiger partial charge in [-0.05, 0) is 30.3 Å². The van der Waals surface area contributed by atoms with Crippen LogP contribution in [0.5, 0.6) is 5.75 Å². The van der Waals surface area contributed by atoms with Crippen LogP contribution in [-0.4, -0.2) is 28.4 Å². The number of fused-ring (bicyclic) bond motifs is 1. The van der Waals surface area contributed by atoms with Gasteiger partial charge < -0.3 is 15.1 Å². The van der Waals surface area contributed by atoms with Gasteiger partial charge in [0.1, 0.15) is 5.75 Å². The molecule has 0 bridgehead atoms. The van der Waals surface area contributed by atoms with Crippen LogP contribution in [-0.2, 0) is 10.4 Å². The fraction of sp³-hybridized carbons (Fsp3) is 0.158. The maximum absolute atomic E-state index is 12.8. The Kier molecular flexibility index (Phi) is 4.49. The molecular weight excluding hydrogens is 386 g/mol. The number of halogens is 1. The molecule has 0 aromatic heterocycles. The number of phenols is 1. The third-order valence-corrected chi connectivity index (χ3v) is 4.72. The Morgan fingerprint density at radius 2 is 2.00 bits per heavy atom. The molecule has 5 nitrogen and oxygen atoms in total. The third kappa shape index (κ3) is 2.88. The summed E-state index contributed by atoms with van der Waals surface area (Å²) in [6.45, 7) is 3.85. The number of aromatic hydroxyl groups is 1. The van der Waals surface area contributed by atoms with Crippen molar-refractivity contribution >= 4 is 33.3 Å². The lowest BCUT2D eigenvalue weighted by Crippen LogP contribution is -2.41. The Labute approximate surface area is 153 Å². The van der Waals surface area contributed by atoms with Gasteiger partial charge in [-0.3, -0.25) is 9.59 Å². The molecule has 128 valence electrons. The summed E-state index contributed by atoms with van der Waals surface area (Å²) in [5.41, 5.74) is -1.01. The summed E-state index contributed by atoms with van der Waals surface area (Å²) in [5.74, 6) is -1.27. The average molecular weight is 402 g/mol. The first-order valence-corrected chi connectivity index (χ1v) is 8.44. The molecule has 0 saturated heterocycles. The molecule has 1 atom stereocenters. The highest BCUT2D eigenvalue weighted by atomic mass is 79.9. The van der Waals surface area contributed by atoms with E-state index in [9.17, 15) is 19.8 Å². The Hall–Kier alpha value is -2.44. The Balaban J connectivity index is 2.04. The van der Waals surface area contributed by atoms with Crippen molar-refractivity contribution in [1.29, 1.82) is 0 Å². The van der Waals surface area contributed by atoms with Crippen LogP contribution in [0.4, 0.5) is 5.69 Å². The molecule has 0 aliphatic carbocycles. The molecule has 0 saturated carbocycles. The van der Waals surface area contributed by atoms with Crippen LogP contribution in [0.3, 0.4) is 0 Å². The van der Waals surface area contributed by atoms with Gasteiger partial charge in [0.15, 0.2) is 11.4 Å². The zero-order valence-electron chi connectivity index (χ0n) is 13.3. The van der Waals surface area contributed by atoms with Crippen LogP contribution in [0, 0.1) is 0 Å². The van der Waals surface area contributed by atoms with Crippen molar-refractivity contribution in [2.45, 2.75) is 12.0 Å². The molecule has 1 aliphatic heterocycles. The minimum atomic E-state index is -1.98. The molecule has 25 heavy (non-hydrogen) atoms. The number of hydrogen-bond donors (Lipinski definition) is 2. The molecule has 0 radical (unpaired) electrons. The lowest BCUT2D eigenvalue weighted by Gasteiger charge is -2.22. The first kappa shape index (κ1) is 17.4. The predicted molar refractivity (Wildman–Crippen MR) is 97.6 cm³/mol. The number of carbonyl (C=O) groups excluding carboxylic acids is 2. The Morgan fingerprint density at radius 3 is 2.68 bits per heavy atom. The van der Waals surface area contributed by atoms with Crippen LogP contribution in [0.25, 0.3) is 0 Å². The lowest BCUT2D eigenvalue weighted by atomic mass is 9.88. The van der Waals surface area contributed by atoms with Crippen molar-refractivity contribution < 1.29 is 19.8 Å². The monoisotopic (exact) mass is 401 g/mol. The van der Waals surface area contributed by atoms with E-state index in [1.807, 2.05) is 0 Å². The van der Waals surface area contributed by atoms with Gasteiger partial charge in [0.05, 0.1) is 17.7 Å². The maximum atomic E-state index is 12.8. The topological polar surface area (TPSA) is 77.8 Å². The van der Waals surface area contributed by atoms with Gasteiger partial charge in [-0.1, -0.05) is 34.1 Å². The number of para-hydroxylation sites is 1. The predicted octanol–water partition coefficient (Wildman–Crippen LogP) is 3.15. The van der Waals surface area contributed by atoms with E-state index < -0.39 is 23.7 Å². The summed E-state index contributed by atoms with van der Waals surface area (Å²) in [7, 11) is 0. The number of ketones is 1. The normalized spacial score (nSPS) is 19.0. The van der Waals surface area contributed by atoms with Crippen molar-refractivity contribution in [3.8, 4) is 5.75 Å². The van der Waals surface area contributed by atoms with E-state index in [4.69, 9.17) is 0 Å². The number of hydrogen-bond acceptors (Lipinski definition) is 4. The van der Waals surface area contributed by atoms with Gasteiger partial charge >= 0.3 is 0 Å². The van der Waals surface area contributed by atoms with Crippen LogP contribution >= 0.6 is 15.9 Å². The molecule has 1 amide bonds. The van der Waals surface area contributed by atoms with Crippen LogP contribution in [0.1, 0.15) is 22.3 Å². The number of aliphatic hydroxyl groups is 1. The van der Waals surface area contributed by atoms with E-state index in [2.05, 4.69) is 22.5 Å². The van der Waals surface area contributed by atoms with Gasteiger partial charge in [-0.15, -0.1) is 6.58 Å². The number of nitrogens with zero attached hydrogens (tertiary/aromatic N) is 1. The van der Waals surface area contributed by atoms with E-state index in [1.54, 1.807) is 36.4 Å². The Bertz CT molecular complexity index is 879. The largest absolute Gasteiger partial charge is 0.507 e. The minimum absolute atomic E-state index is 0.0717. The second kappa shape index (κ2) is 6.46. The SMILES string of the molecule is C=CCN1C(=O)[C@](O)(CC(=O)c2ccccc2O)c2cc(Br)ccc21. The molecule has 2 N–H and O–H groups in total. The number of Topliss-reactive ketones (excluding diaryl/α,β-unsaturated/α-hetero) is 1. The van der Waals surface area contributed by atoms with E-state index in [0.717, 1.165) is 0 Å². The fourth-order valence-electron chi connectivity index (χ4n) is 3.04. The average Bonchev–Trinajstić information content (AvgIpc) is 2.77. The van der Waals surface area contributed by atoms with Gasteiger partial charge in [-0.2, -0.15) is 0 Å². The second-order valence-electron chi connectivity index (χ2n) is 5.84. The van der Waals surface area contributed by atoms with E-state index in [-0.39, 0.29) is 17.9 Å². The smallest absolute Gasteiger partial charge is 0.264 e. The fourth-order valence-corrected chi connectivity index (χ4v) is 3.40. The first-order valence-electron chi connectivity index (χ1n) is 7.65. The molecule has 2 aromatic rings. The molecular formula is C19H16BrNO4. The molecule has 0 unspecified atom stereocenters. The molecule has 2 aromatic carbocycles. The van der Waals surface area contributed by atoms with Crippen molar-refractivity contribution in [3.63, 3.8) is 0 Å². The minimum Gasteiger partial charge on any atom is -0.507 e. The molecule has 1 heterocycles. The van der Waals surface area contributed by atoms with E-state index in [1.165, 1.54) is 17.0 Å². The lowest BCUT2D eigenvalue weighted by molar-refractivity contribution is -0.135. The molecule has 6 heteroatoms. The van der Waals surface area contributed by atoms with E-state index in [0.29, 0.717) is 15.7 Å². The zero-order valence-corrected chi connectivity index (χ0v) is 14.9. The molecule has 0 spiro atoms. The highest BCUT2D eigenvalue weighted by molar-refractivity contribution is 9.10. The zero-order chi connectivity index (χ0) is 18.2. The number of benzene rings is 2. The molecule has 3 rings (SSSR count). The Morgan fingerprint density at radius 1 is 1.28 bits per heavy atom. The van der Waals surface area contributed by atoms with Gasteiger partial charge in [0.25, 0.3) is 5.91 Å². The van der Waals surface area contributed by atoms with Crippen LogP contribution in [0.2, 0.25) is 0 Å². The van der Waals surface area contributed by atoms with Crippen molar-refractivity contribution in [2.24, 2.45) is 0 Å². The van der Waals surface area contributed by atoms with Gasteiger partial charge in [0, 0.05) is 16.6 Å². The third-order valence-electron chi connectivity index (χ3n) is 4.23. The summed E-state index contributed by atoms with van der Waals surface area (Å²) in [5, 5.41) is 21.0.